The number of para-hydroxylation sites is 1. The lowest BCUT2D eigenvalue weighted by molar-refractivity contribution is 0.336. The van der Waals surface area contributed by atoms with Crippen molar-refractivity contribution < 1.29 is 9.15 Å². The Labute approximate surface area is 195 Å². The molecule has 0 saturated heterocycles. The first kappa shape index (κ1) is 23.7. The minimum absolute atomic E-state index is 0. The highest BCUT2D eigenvalue weighted by molar-refractivity contribution is 14.0. The molecule has 2 aromatic carbocycles. The Morgan fingerprint density at radius 1 is 1.03 bits per heavy atom. The molecule has 160 valence electrons. The van der Waals surface area contributed by atoms with Crippen LogP contribution in [-0.2, 0) is 13.0 Å². The van der Waals surface area contributed by atoms with Crippen molar-refractivity contribution in [3.8, 4) is 17.2 Å². The van der Waals surface area contributed by atoms with Gasteiger partial charge in [0.2, 0.25) is 5.89 Å². The van der Waals surface area contributed by atoms with Gasteiger partial charge in [-0.3, -0.25) is 0 Å². The van der Waals surface area contributed by atoms with Crippen LogP contribution in [0.5, 0.6) is 5.75 Å². The molecule has 0 unspecified atom stereocenters. The summed E-state index contributed by atoms with van der Waals surface area (Å²) >= 11 is 0. The highest BCUT2D eigenvalue weighted by Gasteiger charge is 2.07. The van der Waals surface area contributed by atoms with E-state index in [2.05, 4.69) is 26.7 Å². The average molecular weight is 520 g/mol. The summed E-state index contributed by atoms with van der Waals surface area (Å²) in [6.07, 6.45) is 2.51. The number of hydrogen-bond donors (Lipinski definition) is 2. The van der Waals surface area contributed by atoms with E-state index in [4.69, 9.17) is 9.15 Å². The quantitative estimate of drug-likeness (QED) is 0.244. The van der Waals surface area contributed by atoms with Crippen molar-refractivity contribution in [2.45, 2.75) is 26.8 Å². The number of nitrogens with zero attached hydrogens (tertiary/aromatic N) is 2. The standard InChI is InChI=1S/C23H28N4O2.HI/c1-3-24-23(25-15-14-18-10-8-9-13-21(18)28-4-2)26-16-20-17-29-22(27-20)19-11-6-5-7-12-19;/h5-13,17H,3-4,14-16H2,1-2H3,(H2,24,25,26);1H. The predicted octanol–water partition coefficient (Wildman–Crippen LogP) is 4.66. The van der Waals surface area contributed by atoms with E-state index >= 15 is 0 Å². The molecule has 3 aromatic rings. The predicted molar refractivity (Wildman–Crippen MR) is 131 cm³/mol. The lowest BCUT2D eigenvalue weighted by atomic mass is 10.1. The van der Waals surface area contributed by atoms with Crippen molar-refractivity contribution in [2.75, 3.05) is 19.7 Å². The summed E-state index contributed by atoms with van der Waals surface area (Å²) in [5, 5.41) is 6.64. The number of benzene rings is 2. The number of nitrogens with one attached hydrogen (secondary N) is 2. The minimum atomic E-state index is 0. The average Bonchev–Trinajstić information content (AvgIpc) is 3.23. The first-order chi connectivity index (χ1) is 14.3. The second-order valence-corrected chi connectivity index (χ2v) is 6.42. The van der Waals surface area contributed by atoms with Crippen LogP contribution in [0.2, 0.25) is 0 Å². The number of aliphatic imine (C=N–C) groups is 1. The SMILES string of the molecule is CCNC(=NCc1coc(-c2ccccc2)n1)NCCc1ccccc1OCC.I. The van der Waals surface area contributed by atoms with Crippen molar-refractivity contribution in [3.05, 3.63) is 72.1 Å². The van der Waals surface area contributed by atoms with E-state index in [0.29, 0.717) is 19.0 Å². The summed E-state index contributed by atoms with van der Waals surface area (Å²) in [4.78, 5) is 9.15. The van der Waals surface area contributed by atoms with Gasteiger partial charge in [-0.2, -0.15) is 0 Å². The number of aromatic nitrogens is 1. The summed E-state index contributed by atoms with van der Waals surface area (Å²) in [6.45, 7) is 6.70. The zero-order valence-electron chi connectivity index (χ0n) is 17.4. The number of guanidine groups is 1. The third-order valence-electron chi connectivity index (χ3n) is 4.28. The maximum absolute atomic E-state index is 5.69. The van der Waals surface area contributed by atoms with Crippen LogP contribution < -0.4 is 15.4 Å². The van der Waals surface area contributed by atoms with Crippen LogP contribution in [0, 0.1) is 0 Å². The molecule has 2 N–H and O–H groups in total. The molecule has 1 heterocycles. The molecular weight excluding hydrogens is 491 g/mol. The number of oxazole rings is 1. The van der Waals surface area contributed by atoms with Crippen LogP contribution >= 0.6 is 24.0 Å². The lowest BCUT2D eigenvalue weighted by Crippen LogP contribution is -2.38. The molecule has 0 radical (unpaired) electrons. The summed E-state index contributed by atoms with van der Waals surface area (Å²) in [5.41, 5.74) is 2.94. The van der Waals surface area contributed by atoms with Crippen molar-refractivity contribution in [2.24, 2.45) is 4.99 Å². The molecule has 6 nitrogen and oxygen atoms in total. The zero-order valence-corrected chi connectivity index (χ0v) is 19.8. The van der Waals surface area contributed by atoms with E-state index in [-0.39, 0.29) is 24.0 Å². The van der Waals surface area contributed by atoms with Gasteiger partial charge in [0.25, 0.3) is 0 Å². The molecule has 0 aliphatic rings. The van der Waals surface area contributed by atoms with Gasteiger partial charge in [-0.05, 0) is 44.0 Å². The number of hydrogen-bond acceptors (Lipinski definition) is 4. The third-order valence-corrected chi connectivity index (χ3v) is 4.28. The second kappa shape index (κ2) is 12.9. The van der Waals surface area contributed by atoms with Gasteiger partial charge >= 0.3 is 0 Å². The third kappa shape index (κ3) is 7.05. The zero-order chi connectivity index (χ0) is 20.3. The normalized spacial score (nSPS) is 10.9. The van der Waals surface area contributed by atoms with Crippen LogP contribution in [0.15, 0.2) is 70.3 Å². The largest absolute Gasteiger partial charge is 0.494 e. The van der Waals surface area contributed by atoms with Crippen LogP contribution in [0.25, 0.3) is 11.5 Å². The number of rotatable bonds is 9. The summed E-state index contributed by atoms with van der Waals surface area (Å²) in [7, 11) is 0. The summed E-state index contributed by atoms with van der Waals surface area (Å²) < 4.78 is 11.3. The first-order valence-electron chi connectivity index (χ1n) is 10.0. The molecule has 0 spiro atoms. The van der Waals surface area contributed by atoms with Crippen molar-refractivity contribution in [3.63, 3.8) is 0 Å². The molecule has 0 bridgehead atoms. The molecule has 7 heteroatoms. The Morgan fingerprint density at radius 2 is 1.80 bits per heavy atom. The van der Waals surface area contributed by atoms with Gasteiger partial charge in [0, 0.05) is 18.7 Å². The Hall–Kier alpha value is -2.55. The van der Waals surface area contributed by atoms with Crippen LogP contribution in [0.4, 0.5) is 0 Å². The van der Waals surface area contributed by atoms with Crippen molar-refractivity contribution >= 4 is 29.9 Å². The van der Waals surface area contributed by atoms with Crippen molar-refractivity contribution in [1.29, 1.82) is 0 Å². The Balaban J connectivity index is 0.00000320. The van der Waals surface area contributed by atoms with E-state index in [1.54, 1.807) is 6.26 Å². The molecule has 30 heavy (non-hydrogen) atoms. The first-order valence-corrected chi connectivity index (χ1v) is 10.0. The molecule has 1 aromatic heterocycles. The maximum Gasteiger partial charge on any atom is 0.226 e. The highest BCUT2D eigenvalue weighted by Crippen LogP contribution is 2.19. The number of ether oxygens (including phenoxy) is 1. The van der Waals surface area contributed by atoms with Gasteiger partial charge in [-0.15, -0.1) is 24.0 Å². The maximum atomic E-state index is 5.69. The van der Waals surface area contributed by atoms with E-state index in [1.807, 2.05) is 62.4 Å². The molecule has 0 amide bonds. The smallest absolute Gasteiger partial charge is 0.226 e. The fourth-order valence-electron chi connectivity index (χ4n) is 2.92. The molecule has 0 saturated carbocycles. The minimum Gasteiger partial charge on any atom is -0.494 e. The Kier molecular flexibility index (Phi) is 10.2. The summed E-state index contributed by atoms with van der Waals surface area (Å²) in [5.74, 6) is 2.31. The van der Waals surface area contributed by atoms with E-state index in [9.17, 15) is 0 Å². The van der Waals surface area contributed by atoms with Crippen molar-refractivity contribution in [1.82, 2.24) is 15.6 Å². The van der Waals surface area contributed by atoms with E-state index in [1.165, 1.54) is 5.56 Å². The van der Waals surface area contributed by atoms with Crippen LogP contribution in [0.1, 0.15) is 25.1 Å². The molecule has 0 fully saturated rings. The number of halogens is 1. The van der Waals surface area contributed by atoms with Gasteiger partial charge in [0.05, 0.1) is 13.2 Å². The van der Waals surface area contributed by atoms with Crippen LogP contribution in [0.3, 0.4) is 0 Å². The van der Waals surface area contributed by atoms with Gasteiger partial charge in [0.1, 0.15) is 17.7 Å². The van der Waals surface area contributed by atoms with E-state index < -0.39 is 0 Å². The molecule has 3 rings (SSSR count). The Morgan fingerprint density at radius 3 is 2.57 bits per heavy atom. The van der Waals surface area contributed by atoms with Gasteiger partial charge in [0.15, 0.2) is 5.96 Å². The summed E-state index contributed by atoms with van der Waals surface area (Å²) in [6, 6.07) is 18.0. The topological polar surface area (TPSA) is 71.7 Å². The molecule has 0 atom stereocenters. The van der Waals surface area contributed by atoms with E-state index in [0.717, 1.165) is 42.5 Å². The van der Waals surface area contributed by atoms with Gasteiger partial charge in [-0.25, -0.2) is 9.98 Å². The second-order valence-electron chi connectivity index (χ2n) is 6.42. The monoisotopic (exact) mass is 520 g/mol. The fraction of sp³-hybridized carbons (Fsp3) is 0.304. The highest BCUT2D eigenvalue weighted by atomic mass is 127. The van der Waals surface area contributed by atoms with Gasteiger partial charge < -0.3 is 19.8 Å². The molecule has 0 aliphatic heterocycles. The molecular formula is C23H29IN4O2. The van der Waals surface area contributed by atoms with Gasteiger partial charge in [-0.1, -0.05) is 36.4 Å². The fourth-order valence-corrected chi connectivity index (χ4v) is 2.92. The molecule has 0 aliphatic carbocycles. The van der Waals surface area contributed by atoms with Crippen LogP contribution in [-0.4, -0.2) is 30.6 Å². The lowest BCUT2D eigenvalue weighted by Gasteiger charge is -2.13. The Bertz CT molecular complexity index is 912.